The summed E-state index contributed by atoms with van der Waals surface area (Å²) in [4.78, 5) is 6.85. The van der Waals surface area contributed by atoms with Gasteiger partial charge in [-0.1, -0.05) is 26.8 Å². The van der Waals surface area contributed by atoms with Crippen LogP contribution in [0.1, 0.15) is 39.3 Å². The van der Waals surface area contributed by atoms with E-state index in [-0.39, 0.29) is 0 Å². The molecule has 0 fully saturated rings. The zero-order chi connectivity index (χ0) is 14.1. The molecule has 2 N–H and O–H groups in total. The van der Waals surface area contributed by atoms with Crippen molar-refractivity contribution >= 4 is 0 Å². The molecule has 108 valence electrons. The Kier molecular flexibility index (Phi) is 7.68. The summed E-state index contributed by atoms with van der Waals surface area (Å²) in [5.74, 6) is 1.39. The standard InChI is InChI=1S/C16H29N3/c1-4-19(13-16-7-5-6-9-18-16)10-8-15(12-17)11-14(2)3/h5-7,9,14-15H,4,8,10-13,17H2,1-3H3. The lowest BCUT2D eigenvalue weighted by Gasteiger charge is -2.24. The molecular weight excluding hydrogens is 234 g/mol. The van der Waals surface area contributed by atoms with Gasteiger partial charge in [0.15, 0.2) is 0 Å². The maximum atomic E-state index is 5.87. The van der Waals surface area contributed by atoms with Crippen molar-refractivity contribution in [3.8, 4) is 0 Å². The van der Waals surface area contributed by atoms with Crippen molar-refractivity contribution in [2.75, 3.05) is 19.6 Å². The Bertz CT molecular complexity index is 324. The summed E-state index contributed by atoms with van der Waals surface area (Å²) in [6.45, 7) is 10.7. The molecule has 0 bridgehead atoms. The molecule has 1 unspecified atom stereocenters. The van der Waals surface area contributed by atoms with Crippen LogP contribution in [0.15, 0.2) is 24.4 Å². The topological polar surface area (TPSA) is 42.1 Å². The number of hydrogen-bond acceptors (Lipinski definition) is 3. The van der Waals surface area contributed by atoms with Crippen LogP contribution in [0.5, 0.6) is 0 Å². The van der Waals surface area contributed by atoms with Crippen LogP contribution >= 0.6 is 0 Å². The highest BCUT2D eigenvalue weighted by Crippen LogP contribution is 2.15. The fraction of sp³-hybridized carbons (Fsp3) is 0.688. The summed E-state index contributed by atoms with van der Waals surface area (Å²) in [5, 5.41) is 0. The van der Waals surface area contributed by atoms with Crippen LogP contribution in [0.2, 0.25) is 0 Å². The first-order chi connectivity index (χ1) is 9.15. The van der Waals surface area contributed by atoms with Gasteiger partial charge in [0.1, 0.15) is 0 Å². The zero-order valence-corrected chi connectivity index (χ0v) is 12.7. The van der Waals surface area contributed by atoms with Gasteiger partial charge in [-0.3, -0.25) is 9.88 Å². The van der Waals surface area contributed by atoms with Crippen LogP contribution in [0.25, 0.3) is 0 Å². The first kappa shape index (κ1) is 16.1. The highest BCUT2D eigenvalue weighted by Gasteiger charge is 2.12. The first-order valence-electron chi connectivity index (χ1n) is 7.48. The average molecular weight is 263 g/mol. The zero-order valence-electron chi connectivity index (χ0n) is 12.7. The molecule has 0 aromatic carbocycles. The molecule has 1 heterocycles. The molecule has 0 saturated carbocycles. The molecule has 19 heavy (non-hydrogen) atoms. The summed E-state index contributed by atoms with van der Waals surface area (Å²) in [5.41, 5.74) is 7.02. The Morgan fingerprint density at radius 3 is 2.63 bits per heavy atom. The fourth-order valence-electron chi connectivity index (χ4n) is 2.43. The SMILES string of the molecule is CCN(CCC(CN)CC(C)C)Cc1ccccn1. The molecular formula is C16H29N3. The molecule has 1 aromatic heterocycles. The van der Waals surface area contributed by atoms with E-state index in [1.54, 1.807) is 0 Å². The van der Waals surface area contributed by atoms with E-state index in [1.807, 2.05) is 12.3 Å². The lowest BCUT2D eigenvalue weighted by Crippen LogP contribution is -2.28. The normalized spacial score (nSPS) is 13.2. The minimum Gasteiger partial charge on any atom is -0.330 e. The number of aromatic nitrogens is 1. The van der Waals surface area contributed by atoms with E-state index >= 15 is 0 Å². The quantitative estimate of drug-likeness (QED) is 0.745. The van der Waals surface area contributed by atoms with E-state index in [9.17, 15) is 0 Å². The second-order valence-electron chi connectivity index (χ2n) is 5.71. The number of nitrogens with zero attached hydrogens (tertiary/aromatic N) is 2. The molecule has 0 amide bonds. The van der Waals surface area contributed by atoms with Gasteiger partial charge in [0, 0.05) is 12.7 Å². The lowest BCUT2D eigenvalue weighted by atomic mass is 9.94. The molecule has 1 aromatic rings. The smallest absolute Gasteiger partial charge is 0.0543 e. The van der Waals surface area contributed by atoms with Crippen molar-refractivity contribution in [1.82, 2.24) is 9.88 Å². The van der Waals surface area contributed by atoms with Gasteiger partial charge in [0.05, 0.1) is 5.69 Å². The molecule has 0 aliphatic carbocycles. The molecule has 1 rings (SSSR count). The van der Waals surface area contributed by atoms with E-state index in [0.29, 0.717) is 5.92 Å². The molecule has 0 radical (unpaired) electrons. The third kappa shape index (κ3) is 6.69. The first-order valence-corrected chi connectivity index (χ1v) is 7.48. The van der Waals surface area contributed by atoms with Crippen molar-refractivity contribution in [2.45, 2.75) is 40.2 Å². The molecule has 1 atom stereocenters. The Balaban J connectivity index is 2.39. The maximum Gasteiger partial charge on any atom is 0.0543 e. The van der Waals surface area contributed by atoms with E-state index in [0.717, 1.165) is 37.8 Å². The fourth-order valence-corrected chi connectivity index (χ4v) is 2.43. The van der Waals surface area contributed by atoms with Gasteiger partial charge in [-0.25, -0.2) is 0 Å². The van der Waals surface area contributed by atoms with Crippen molar-refractivity contribution in [3.05, 3.63) is 30.1 Å². The number of pyridine rings is 1. The van der Waals surface area contributed by atoms with Crippen LogP contribution in [-0.4, -0.2) is 29.5 Å². The van der Waals surface area contributed by atoms with Crippen LogP contribution in [0.3, 0.4) is 0 Å². The number of rotatable bonds is 9. The molecule has 3 nitrogen and oxygen atoms in total. The minimum atomic E-state index is 0.651. The second-order valence-corrected chi connectivity index (χ2v) is 5.71. The largest absolute Gasteiger partial charge is 0.330 e. The molecule has 0 spiro atoms. The molecule has 0 aliphatic heterocycles. The summed E-state index contributed by atoms with van der Waals surface area (Å²) in [7, 11) is 0. The van der Waals surface area contributed by atoms with Gasteiger partial charge in [0.25, 0.3) is 0 Å². The third-order valence-electron chi connectivity index (χ3n) is 3.55. The van der Waals surface area contributed by atoms with Gasteiger partial charge in [0.2, 0.25) is 0 Å². The van der Waals surface area contributed by atoms with Gasteiger partial charge < -0.3 is 5.73 Å². The minimum absolute atomic E-state index is 0.651. The summed E-state index contributed by atoms with van der Waals surface area (Å²) >= 11 is 0. The van der Waals surface area contributed by atoms with Crippen molar-refractivity contribution in [2.24, 2.45) is 17.6 Å². The van der Waals surface area contributed by atoms with Crippen LogP contribution in [-0.2, 0) is 6.54 Å². The van der Waals surface area contributed by atoms with Gasteiger partial charge in [-0.2, -0.15) is 0 Å². The lowest BCUT2D eigenvalue weighted by molar-refractivity contribution is 0.244. The van der Waals surface area contributed by atoms with E-state index in [1.165, 1.54) is 12.8 Å². The summed E-state index contributed by atoms with van der Waals surface area (Å²) < 4.78 is 0. The van der Waals surface area contributed by atoms with Crippen molar-refractivity contribution in [1.29, 1.82) is 0 Å². The Hall–Kier alpha value is -0.930. The summed E-state index contributed by atoms with van der Waals surface area (Å²) in [6.07, 6.45) is 4.29. The van der Waals surface area contributed by atoms with Gasteiger partial charge in [-0.15, -0.1) is 0 Å². The van der Waals surface area contributed by atoms with Gasteiger partial charge >= 0.3 is 0 Å². The Labute approximate surface area is 118 Å². The molecule has 3 heteroatoms. The Morgan fingerprint density at radius 2 is 2.11 bits per heavy atom. The predicted molar refractivity (Wildman–Crippen MR) is 81.8 cm³/mol. The highest BCUT2D eigenvalue weighted by molar-refractivity contribution is 5.03. The monoisotopic (exact) mass is 263 g/mol. The number of hydrogen-bond donors (Lipinski definition) is 1. The maximum absolute atomic E-state index is 5.87. The highest BCUT2D eigenvalue weighted by atomic mass is 15.1. The van der Waals surface area contributed by atoms with E-state index < -0.39 is 0 Å². The Morgan fingerprint density at radius 1 is 1.32 bits per heavy atom. The summed E-state index contributed by atoms with van der Waals surface area (Å²) in [6, 6.07) is 6.11. The predicted octanol–water partition coefficient (Wildman–Crippen LogP) is 2.91. The third-order valence-corrected chi connectivity index (χ3v) is 3.55. The van der Waals surface area contributed by atoms with E-state index in [4.69, 9.17) is 5.73 Å². The van der Waals surface area contributed by atoms with Crippen LogP contribution in [0, 0.1) is 11.8 Å². The van der Waals surface area contributed by atoms with E-state index in [2.05, 4.69) is 42.8 Å². The van der Waals surface area contributed by atoms with Crippen LogP contribution < -0.4 is 5.73 Å². The van der Waals surface area contributed by atoms with Gasteiger partial charge in [-0.05, 0) is 56.4 Å². The molecule has 0 aliphatic rings. The molecule has 0 saturated heterocycles. The van der Waals surface area contributed by atoms with Crippen molar-refractivity contribution in [3.63, 3.8) is 0 Å². The second kappa shape index (κ2) is 9.05. The number of nitrogens with two attached hydrogens (primary N) is 1. The van der Waals surface area contributed by atoms with Crippen LogP contribution in [0.4, 0.5) is 0 Å². The van der Waals surface area contributed by atoms with Crippen molar-refractivity contribution < 1.29 is 0 Å². The average Bonchev–Trinajstić information content (AvgIpc) is 2.42.